The molecule has 1 aromatic rings. The summed E-state index contributed by atoms with van der Waals surface area (Å²) in [7, 11) is 0. The van der Waals surface area contributed by atoms with E-state index in [-0.39, 0.29) is 11.4 Å². The molecule has 0 bridgehead atoms. The molecule has 0 aromatic carbocycles. The highest BCUT2D eigenvalue weighted by molar-refractivity contribution is 5.94. The van der Waals surface area contributed by atoms with E-state index in [9.17, 15) is 4.79 Å². The van der Waals surface area contributed by atoms with Gasteiger partial charge in [0.15, 0.2) is 0 Å². The molecule has 2 N–H and O–H groups in total. The zero-order chi connectivity index (χ0) is 13.8. The molecular formula is C16H23N3O. The maximum atomic E-state index is 12.2. The number of nitrogens with zero attached hydrogens (tertiary/aromatic N) is 1. The average Bonchev–Trinajstić information content (AvgIpc) is 2.49. The van der Waals surface area contributed by atoms with Gasteiger partial charge in [-0.1, -0.05) is 19.3 Å². The topological polar surface area (TPSA) is 54.0 Å². The maximum Gasteiger partial charge on any atom is 0.253 e. The lowest BCUT2D eigenvalue weighted by molar-refractivity contribution is 0.0892. The molecule has 1 saturated heterocycles. The minimum Gasteiger partial charge on any atom is -0.349 e. The summed E-state index contributed by atoms with van der Waals surface area (Å²) in [5.41, 5.74) is 0.937. The van der Waals surface area contributed by atoms with Crippen LogP contribution in [0.5, 0.6) is 0 Å². The Hall–Kier alpha value is -1.42. The summed E-state index contributed by atoms with van der Waals surface area (Å²) in [6.07, 6.45) is 11.9. The Balaban J connectivity index is 1.61. The molecule has 1 saturated carbocycles. The van der Waals surface area contributed by atoms with Crippen molar-refractivity contribution in [3.8, 4) is 0 Å². The largest absolute Gasteiger partial charge is 0.349 e. The van der Waals surface area contributed by atoms with Gasteiger partial charge in [0.2, 0.25) is 0 Å². The van der Waals surface area contributed by atoms with Crippen LogP contribution in [0.4, 0.5) is 0 Å². The van der Waals surface area contributed by atoms with Crippen molar-refractivity contribution in [3.63, 3.8) is 0 Å². The number of carbonyl (C=O) groups is 1. The Labute approximate surface area is 120 Å². The van der Waals surface area contributed by atoms with Gasteiger partial charge in [-0.2, -0.15) is 0 Å². The van der Waals surface area contributed by atoms with Crippen LogP contribution in [0.15, 0.2) is 24.5 Å². The molecule has 1 aromatic heterocycles. The first-order valence-corrected chi connectivity index (χ1v) is 7.73. The molecule has 1 atom stereocenters. The van der Waals surface area contributed by atoms with Gasteiger partial charge in [-0.15, -0.1) is 0 Å². The molecule has 2 heterocycles. The van der Waals surface area contributed by atoms with Gasteiger partial charge in [0, 0.05) is 24.0 Å². The second kappa shape index (κ2) is 5.92. The van der Waals surface area contributed by atoms with E-state index < -0.39 is 0 Å². The molecular weight excluding hydrogens is 250 g/mol. The van der Waals surface area contributed by atoms with Crippen LogP contribution in [-0.4, -0.2) is 29.0 Å². The second-order valence-corrected chi connectivity index (χ2v) is 6.17. The summed E-state index contributed by atoms with van der Waals surface area (Å²) >= 11 is 0. The van der Waals surface area contributed by atoms with Crippen molar-refractivity contribution in [2.75, 3.05) is 6.54 Å². The van der Waals surface area contributed by atoms with Gasteiger partial charge < -0.3 is 10.6 Å². The lowest BCUT2D eigenvalue weighted by Crippen LogP contribution is -2.57. The third-order valence-electron chi connectivity index (χ3n) is 4.70. The smallest absolute Gasteiger partial charge is 0.253 e. The summed E-state index contributed by atoms with van der Waals surface area (Å²) in [5.74, 6) is 0.0101. The van der Waals surface area contributed by atoms with Crippen LogP contribution in [0.2, 0.25) is 0 Å². The summed E-state index contributed by atoms with van der Waals surface area (Å²) in [6, 6.07) is 3.92. The minimum atomic E-state index is 0.0101. The lowest BCUT2D eigenvalue weighted by atomic mass is 9.75. The summed E-state index contributed by atoms with van der Waals surface area (Å²) in [4.78, 5) is 16.2. The Morgan fingerprint density at radius 1 is 1.35 bits per heavy atom. The van der Waals surface area contributed by atoms with Crippen molar-refractivity contribution < 1.29 is 4.79 Å². The molecule has 20 heavy (non-hydrogen) atoms. The standard InChI is InChI=1S/C16H23N3O/c20-15(13-5-4-9-17-12-13)19-14-6-10-18-16(11-14)7-2-1-3-8-16/h4-5,9,12,14,18H,1-3,6-8,10-11H2,(H,19,20). The van der Waals surface area contributed by atoms with Crippen LogP contribution in [-0.2, 0) is 0 Å². The Bertz CT molecular complexity index is 449. The van der Waals surface area contributed by atoms with Crippen LogP contribution < -0.4 is 10.6 Å². The minimum absolute atomic E-state index is 0.0101. The average molecular weight is 273 g/mol. The van der Waals surface area contributed by atoms with Crippen molar-refractivity contribution in [2.24, 2.45) is 0 Å². The van der Waals surface area contributed by atoms with Crippen LogP contribution >= 0.6 is 0 Å². The van der Waals surface area contributed by atoms with Crippen molar-refractivity contribution in [3.05, 3.63) is 30.1 Å². The van der Waals surface area contributed by atoms with Gasteiger partial charge in [0.25, 0.3) is 5.91 Å². The van der Waals surface area contributed by atoms with Crippen LogP contribution in [0.3, 0.4) is 0 Å². The number of piperidine rings is 1. The quantitative estimate of drug-likeness (QED) is 0.869. The van der Waals surface area contributed by atoms with Gasteiger partial charge in [0.05, 0.1) is 5.56 Å². The summed E-state index contributed by atoms with van der Waals surface area (Å²) in [6.45, 7) is 1.01. The monoisotopic (exact) mass is 273 g/mol. The predicted octanol–water partition coefficient (Wildman–Crippen LogP) is 2.27. The summed E-state index contributed by atoms with van der Waals surface area (Å²) in [5, 5.41) is 6.90. The van der Waals surface area contributed by atoms with E-state index in [1.165, 1.54) is 32.1 Å². The predicted molar refractivity (Wildman–Crippen MR) is 78.5 cm³/mol. The van der Waals surface area contributed by atoms with Crippen molar-refractivity contribution >= 4 is 5.91 Å². The molecule has 1 spiro atoms. The molecule has 108 valence electrons. The van der Waals surface area contributed by atoms with Crippen LogP contribution in [0.25, 0.3) is 0 Å². The lowest BCUT2D eigenvalue weighted by Gasteiger charge is -2.44. The van der Waals surface area contributed by atoms with E-state index in [2.05, 4.69) is 15.6 Å². The van der Waals surface area contributed by atoms with Gasteiger partial charge in [-0.3, -0.25) is 9.78 Å². The van der Waals surface area contributed by atoms with Gasteiger partial charge in [-0.05, 0) is 44.4 Å². The van der Waals surface area contributed by atoms with Gasteiger partial charge >= 0.3 is 0 Å². The van der Waals surface area contributed by atoms with Crippen molar-refractivity contribution in [2.45, 2.75) is 56.5 Å². The van der Waals surface area contributed by atoms with Crippen LogP contribution in [0.1, 0.15) is 55.3 Å². The molecule has 2 fully saturated rings. The fourth-order valence-corrected chi connectivity index (χ4v) is 3.66. The third-order valence-corrected chi connectivity index (χ3v) is 4.70. The highest BCUT2D eigenvalue weighted by Gasteiger charge is 2.37. The number of aromatic nitrogens is 1. The van der Waals surface area contributed by atoms with Gasteiger partial charge in [-0.25, -0.2) is 0 Å². The number of amides is 1. The molecule has 1 aliphatic carbocycles. The van der Waals surface area contributed by atoms with E-state index in [4.69, 9.17) is 0 Å². The first kappa shape index (κ1) is 13.6. The number of hydrogen-bond acceptors (Lipinski definition) is 3. The normalized spacial score (nSPS) is 25.3. The number of rotatable bonds is 2. The van der Waals surface area contributed by atoms with E-state index in [1.54, 1.807) is 18.5 Å². The van der Waals surface area contributed by atoms with Gasteiger partial charge in [0.1, 0.15) is 0 Å². The molecule has 0 radical (unpaired) electrons. The zero-order valence-corrected chi connectivity index (χ0v) is 11.9. The molecule has 1 amide bonds. The number of carbonyl (C=O) groups excluding carboxylic acids is 1. The maximum absolute atomic E-state index is 12.2. The number of nitrogens with one attached hydrogen (secondary N) is 2. The summed E-state index contributed by atoms with van der Waals surface area (Å²) < 4.78 is 0. The van der Waals surface area contributed by atoms with E-state index in [0.29, 0.717) is 11.6 Å². The fraction of sp³-hybridized carbons (Fsp3) is 0.625. The first-order chi connectivity index (χ1) is 9.77. The Kier molecular flexibility index (Phi) is 4.01. The Morgan fingerprint density at radius 2 is 2.20 bits per heavy atom. The second-order valence-electron chi connectivity index (χ2n) is 6.17. The number of hydrogen-bond donors (Lipinski definition) is 2. The SMILES string of the molecule is O=C(NC1CCNC2(CCCCC2)C1)c1cccnc1. The van der Waals surface area contributed by atoms with E-state index in [1.807, 2.05) is 6.07 Å². The van der Waals surface area contributed by atoms with Crippen molar-refractivity contribution in [1.29, 1.82) is 0 Å². The van der Waals surface area contributed by atoms with E-state index in [0.717, 1.165) is 19.4 Å². The molecule has 4 nitrogen and oxygen atoms in total. The Morgan fingerprint density at radius 3 is 2.95 bits per heavy atom. The van der Waals surface area contributed by atoms with Crippen LogP contribution in [0, 0.1) is 0 Å². The molecule has 3 rings (SSSR count). The number of pyridine rings is 1. The van der Waals surface area contributed by atoms with E-state index >= 15 is 0 Å². The van der Waals surface area contributed by atoms with Crippen molar-refractivity contribution in [1.82, 2.24) is 15.6 Å². The molecule has 1 aliphatic heterocycles. The first-order valence-electron chi connectivity index (χ1n) is 7.73. The third kappa shape index (κ3) is 3.01. The molecule has 1 unspecified atom stereocenters. The molecule has 2 aliphatic rings. The highest BCUT2D eigenvalue weighted by atomic mass is 16.1. The highest BCUT2D eigenvalue weighted by Crippen LogP contribution is 2.34. The fourth-order valence-electron chi connectivity index (χ4n) is 3.66. The zero-order valence-electron chi connectivity index (χ0n) is 11.9. The molecule has 4 heteroatoms.